The number of nitrogens with zero attached hydrogens (tertiary/aromatic N) is 3. The molecule has 2 aromatic heterocycles. The average molecular weight is 556 g/mol. The molecule has 9 nitrogen and oxygen atoms in total. The smallest absolute Gasteiger partial charge is 0.280 e. The molecule has 2 heterocycles. The van der Waals surface area contributed by atoms with Crippen LogP contribution in [0.4, 0.5) is 8.78 Å². The predicted octanol–water partition coefficient (Wildman–Crippen LogP) is 3.24. The zero-order valence-electron chi connectivity index (χ0n) is 20.5. The van der Waals surface area contributed by atoms with Crippen molar-refractivity contribution < 1.29 is 30.9 Å². The summed E-state index contributed by atoms with van der Waals surface area (Å²) in [5.41, 5.74) is 0.193. The van der Waals surface area contributed by atoms with Crippen molar-refractivity contribution >= 4 is 20.6 Å². The van der Waals surface area contributed by atoms with Crippen LogP contribution in [0.25, 0.3) is 11.3 Å². The number of rotatable bonds is 12. The van der Waals surface area contributed by atoms with E-state index in [1.54, 1.807) is 18.2 Å². The Labute approximate surface area is 215 Å². The first-order chi connectivity index (χ1) is 17.6. The third-order valence-corrected chi connectivity index (χ3v) is 8.50. The van der Waals surface area contributed by atoms with Crippen molar-refractivity contribution in [3.63, 3.8) is 0 Å². The summed E-state index contributed by atoms with van der Waals surface area (Å²) in [6.45, 7) is 1.67. The van der Waals surface area contributed by atoms with Crippen LogP contribution in [0.15, 0.2) is 52.5 Å². The molecule has 0 amide bonds. The zero-order chi connectivity index (χ0) is 27.2. The van der Waals surface area contributed by atoms with Crippen LogP contribution in [0, 0.1) is 0 Å². The number of methoxy groups -OCH3 is 2. The van der Waals surface area contributed by atoms with Crippen molar-refractivity contribution in [3.05, 3.63) is 64.2 Å². The second kappa shape index (κ2) is 12.4. The van der Waals surface area contributed by atoms with Crippen molar-refractivity contribution in [1.82, 2.24) is 14.5 Å². The normalized spacial score (nSPS) is 12.5. The molecular weight excluding hydrogens is 528 g/mol. The van der Waals surface area contributed by atoms with Gasteiger partial charge in [0.2, 0.25) is 5.16 Å². The summed E-state index contributed by atoms with van der Waals surface area (Å²) in [5, 5.41) is -0.320. The molecule has 1 aromatic carbocycles. The first kappa shape index (κ1) is 28.4. The number of aromatic nitrogens is 3. The molecule has 0 N–H and O–H groups in total. The minimum absolute atomic E-state index is 0.0415. The van der Waals surface area contributed by atoms with E-state index >= 15 is 0 Å². The molecule has 0 aliphatic carbocycles. The largest absolute Gasteiger partial charge is 0.493 e. The van der Waals surface area contributed by atoms with Crippen molar-refractivity contribution in [2.24, 2.45) is 0 Å². The van der Waals surface area contributed by atoms with Crippen LogP contribution < -0.4 is 15.0 Å². The molecule has 200 valence electrons. The number of alkyl halides is 2. The predicted molar refractivity (Wildman–Crippen MR) is 136 cm³/mol. The molecule has 3 aromatic rings. The van der Waals surface area contributed by atoms with Gasteiger partial charge in [0.25, 0.3) is 12.0 Å². The standard InChI is InChI=1S/C24H27F2N3O6S2/c1-4-37(32,33)11-5-10-36(31)24-27-18(13-19(28-24)23(25)26)17-7-9-22(30)29(15-17)14-16-6-8-20(34-2)21(12-16)35-3/h6-9,12-13,15,23H,4-5,10-11,14H2,1-3H3. The molecule has 37 heavy (non-hydrogen) atoms. The molecule has 1 unspecified atom stereocenters. The molecule has 0 saturated heterocycles. The van der Waals surface area contributed by atoms with Gasteiger partial charge in [-0.25, -0.2) is 27.2 Å². The highest BCUT2D eigenvalue weighted by molar-refractivity contribution is 7.91. The first-order valence-corrected chi connectivity index (χ1v) is 14.4. The SMILES string of the molecule is CCS(=O)(=O)CCCS(=O)c1nc(-c2ccc(=O)n(Cc3ccc(OC)c(OC)c3)c2)cc(C(F)F)n1. The maximum atomic E-state index is 13.6. The molecule has 0 aliphatic rings. The molecule has 13 heteroatoms. The van der Waals surface area contributed by atoms with Gasteiger partial charge in [-0.2, -0.15) is 0 Å². The van der Waals surface area contributed by atoms with Gasteiger partial charge in [0.05, 0.1) is 43.0 Å². The molecule has 0 bridgehead atoms. The second-order valence-electron chi connectivity index (χ2n) is 7.97. The van der Waals surface area contributed by atoms with Crippen LogP contribution >= 0.6 is 0 Å². The van der Waals surface area contributed by atoms with E-state index in [-0.39, 0.29) is 46.6 Å². The third-order valence-electron chi connectivity index (χ3n) is 5.46. The third kappa shape index (κ3) is 7.41. The summed E-state index contributed by atoms with van der Waals surface area (Å²) in [6, 6.07) is 8.98. The van der Waals surface area contributed by atoms with Crippen molar-refractivity contribution in [2.45, 2.75) is 31.5 Å². The van der Waals surface area contributed by atoms with E-state index in [1.807, 2.05) is 0 Å². The maximum absolute atomic E-state index is 13.6. The summed E-state index contributed by atoms with van der Waals surface area (Å²) in [7, 11) is -2.15. The second-order valence-corrected chi connectivity index (χ2v) is 11.9. The number of hydrogen-bond donors (Lipinski definition) is 0. The minimum atomic E-state index is -3.26. The summed E-state index contributed by atoms with van der Waals surface area (Å²) in [4.78, 5) is 20.5. The van der Waals surface area contributed by atoms with Crippen LogP contribution in [-0.2, 0) is 27.2 Å². The van der Waals surface area contributed by atoms with E-state index in [1.165, 1.54) is 44.0 Å². The first-order valence-electron chi connectivity index (χ1n) is 11.2. The molecule has 3 rings (SSSR count). The Bertz CT molecular complexity index is 1440. The molecule has 1 atom stereocenters. The summed E-state index contributed by atoms with van der Waals surface area (Å²) in [6.07, 6.45) is -1.40. The Morgan fingerprint density at radius 3 is 2.43 bits per heavy atom. The maximum Gasteiger partial charge on any atom is 0.280 e. The number of hydrogen-bond acceptors (Lipinski definition) is 8. The Hall–Kier alpha value is -3.19. The average Bonchev–Trinajstić information content (AvgIpc) is 2.89. The number of ether oxygens (including phenoxy) is 2. The monoisotopic (exact) mass is 555 g/mol. The van der Waals surface area contributed by atoms with Gasteiger partial charge in [0.1, 0.15) is 15.5 Å². The van der Waals surface area contributed by atoms with Crippen LogP contribution in [-0.4, -0.2) is 58.6 Å². The Morgan fingerprint density at radius 1 is 1.05 bits per heavy atom. The van der Waals surface area contributed by atoms with Crippen molar-refractivity contribution in [3.8, 4) is 22.8 Å². The van der Waals surface area contributed by atoms with E-state index < -0.39 is 32.8 Å². The van der Waals surface area contributed by atoms with Gasteiger partial charge in [-0.15, -0.1) is 0 Å². The van der Waals surface area contributed by atoms with Crippen molar-refractivity contribution in [2.75, 3.05) is 31.5 Å². The van der Waals surface area contributed by atoms with E-state index in [0.717, 1.165) is 11.6 Å². The number of halogens is 2. The molecule has 0 radical (unpaired) electrons. The van der Waals surface area contributed by atoms with Gasteiger partial charge >= 0.3 is 0 Å². The van der Waals surface area contributed by atoms with Gasteiger partial charge < -0.3 is 14.0 Å². The Balaban J connectivity index is 1.93. The number of pyridine rings is 1. The summed E-state index contributed by atoms with van der Waals surface area (Å²) in [5.74, 6) is 0.711. The molecular formula is C24H27F2N3O6S2. The van der Waals surface area contributed by atoms with Gasteiger partial charge in [-0.3, -0.25) is 9.00 Å². The van der Waals surface area contributed by atoms with Crippen LogP contribution in [0.5, 0.6) is 11.5 Å². The highest BCUT2D eigenvalue weighted by Crippen LogP contribution is 2.28. The summed E-state index contributed by atoms with van der Waals surface area (Å²) < 4.78 is 75.2. The molecule has 0 spiro atoms. The van der Waals surface area contributed by atoms with Crippen LogP contribution in [0.3, 0.4) is 0 Å². The van der Waals surface area contributed by atoms with Crippen molar-refractivity contribution in [1.29, 1.82) is 0 Å². The van der Waals surface area contributed by atoms with E-state index in [9.17, 15) is 26.2 Å². The topological polar surface area (TPSA) is 117 Å². The Kier molecular flexibility index (Phi) is 9.49. The lowest BCUT2D eigenvalue weighted by Gasteiger charge is -2.12. The fraction of sp³-hybridized carbons (Fsp3) is 0.375. The van der Waals surface area contributed by atoms with Gasteiger partial charge in [0, 0.05) is 29.3 Å². The lowest BCUT2D eigenvalue weighted by molar-refractivity contribution is 0.145. The molecule has 0 saturated carbocycles. The lowest BCUT2D eigenvalue weighted by atomic mass is 10.1. The van der Waals surface area contributed by atoms with E-state index in [4.69, 9.17) is 9.47 Å². The van der Waals surface area contributed by atoms with E-state index in [0.29, 0.717) is 17.1 Å². The van der Waals surface area contributed by atoms with Gasteiger partial charge in [0.15, 0.2) is 11.5 Å². The molecule has 0 fully saturated rings. The van der Waals surface area contributed by atoms with Crippen LogP contribution in [0.1, 0.15) is 31.0 Å². The highest BCUT2D eigenvalue weighted by Gasteiger charge is 2.19. The van der Waals surface area contributed by atoms with Crippen LogP contribution in [0.2, 0.25) is 0 Å². The van der Waals surface area contributed by atoms with E-state index in [2.05, 4.69) is 9.97 Å². The van der Waals surface area contributed by atoms with Gasteiger partial charge in [-0.1, -0.05) is 13.0 Å². The quantitative estimate of drug-likeness (QED) is 0.313. The highest BCUT2D eigenvalue weighted by atomic mass is 32.2. The zero-order valence-corrected chi connectivity index (χ0v) is 22.2. The Morgan fingerprint density at radius 2 is 1.78 bits per heavy atom. The molecule has 0 aliphatic heterocycles. The number of benzene rings is 1. The number of sulfone groups is 1. The fourth-order valence-corrected chi connectivity index (χ4v) is 5.48. The lowest BCUT2D eigenvalue weighted by Crippen LogP contribution is -2.19. The minimum Gasteiger partial charge on any atom is -0.493 e. The summed E-state index contributed by atoms with van der Waals surface area (Å²) >= 11 is 0. The fourth-order valence-electron chi connectivity index (χ4n) is 3.43. The van der Waals surface area contributed by atoms with Gasteiger partial charge in [-0.05, 0) is 36.2 Å².